The van der Waals surface area contributed by atoms with Crippen LogP contribution < -0.4 is 0 Å². The summed E-state index contributed by atoms with van der Waals surface area (Å²) in [6.07, 6.45) is 9.21. The van der Waals surface area contributed by atoms with E-state index >= 15 is 0 Å². The number of hydrogen-bond donors (Lipinski definition) is 0. The topological polar surface area (TPSA) is 35.5 Å². The van der Waals surface area contributed by atoms with Crippen molar-refractivity contribution in [2.45, 2.75) is 57.5 Å². The molecule has 0 unspecified atom stereocenters. The summed E-state index contributed by atoms with van der Waals surface area (Å²) in [5.74, 6) is -0.356. The van der Waals surface area contributed by atoms with Crippen molar-refractivity contribution in [3.8, 4) is 0 Å². The summed E-state index contributed by atoms with van der Waals surface area (Å²) in [7, 11) is 0. The predicted molar refractivity (Wildman–Crippen MR) is 67.8 cm³/mol. The van der Waals surface area contributed by atoms with E-state index in [0.717, 1.165) is 25.9 Å². The minimum absolute atomic E-state index is 0.190. The molecule has 98 valence electrons. The zero-order chi connectivity index (χ0) is 12.6. The van der Waals surface area contributed by atoms with Gasteiger partial charge in [0.2, 0.25) is 0 Å². The fourth-order valence-corrected chi connectivity index (χ4v) is 1.98. The van der Waals surface area contributed by atoms with Crippen LogP contribution in [0.3, 0.4) is 0 Å². The average molecular weight is 240 g/mol. The molecule has 3 heteroatoms. The molecule has 0 aromatic carbocycles. The Bertz CT molecular complexity index is 244. The van der Waals surface area contributed by atoms with Gasteiger partial charge in [-0.1, -0.05) is 32.8 Å². The lowest BCUT2D eigenvalue weighted by molar-refractivity contribution is -0.164. The minimum Gasteiger partial charge on any atom is -0.459 e. The molecule has 0 bridgehead atoms. The molecular weight excluding hydrogens is 216 g/mol. The molecule has 0 atom stereocenters. The molecule has 3 nitrogen and oxygen atoms in total. The Morgan fingerprint density at radius 2 is 2.12 bits per heavy atom. The van der Waals surface area contributed by atoms with Gasteiger partial charge in [0.15, 0.2) is 0 Å². The van der Waals surface area contributed by atoms with E-state index in [9.17, 15) is 4.79 Å². The molecule has 0 spiro atoms. The van der Waals surface area contributed by atoms with Crippen LogP contribution in [0.5, 0.6) is 0 Å². The van der Waals surface area contributed by atoms with Crippen LogP contribution in [0.1, 0.15) is 51.9 Å². The molecule has 0 heterocycles. The van der Waals surface area contributed by atoms with Crippen molar-refractivity contribution in [3.63, 3.8) is 0 Å². The summed E-state index contributed by atoms with van der Waals surface area (Å²) in [6, 6.07) is 0. The van der Waals surface area contributed by atoms with Crippen molar-refractivity contribution >= 4 is 5.97 Å². The van der Waals surface area contributed by atoms with Gasteiger partial charge in [-0.05, 0) is 25.7 Å². The maximum Gasteiger partial charge on any atom is 0.330 e. The van der Waals surface area contributed by atoms with Crippen LogP contribution in [0.25, 0.3) is 0 Å². The fraction of sp³-hybridized carbons (Fsp3) is 0.786. The van der Waals surface area contributed by atoms with Gasteiger partial charge in [0.1, 0.15) is 12.2 Å². The minimum atomic E-state index is -0.356. The third-order valence-corrected chi connectivity index (χ3v) is 3.32. The van der Waals surface area contributed by atoms with E-state index in [0.29, 0.717) is 6.61 Å². The Hall–Kier alpha value is -0.830. The van der Waals surface area contributed by atoms with Gasteiger partial charge in [-0.25, -0.2) is 4.79 Å². The van der Waals surface area contributed by atoms with Gasteiger partial charge in [-0.15, -0.1) is 0 Å². The normalized spacial score (nSPS) is 17.2. The first-order valence-electron chi connectivity index (χ1n) is 6.65. The Morgan fingerprint density at radius 1 is 1.35 bits per heavy atom. The van der Waals surface area contributed by atoms with E-state index in [-0.39, 0.29) is 11.6 Å². The molecule has 0 aromatic rings. The highest BCUT2D eigenvalue weighted by Crippen LogP contribution is 2.36. The fourth-order valence-electron chi connectivity index (χ4n) is 1.98. The van der Waals surface area contributed by atoms with Gasteiger partial charge in [0, 0.05) is 12.7 Å². The molecular formula is C14H24O3. The number of unbranched alkanes of at least 4 members (excludes halogenated alkanes) is 3. The van der Waals surface area contributed by atoms with Crippen molar-refractivity contribution in [1.29, 1.82) is 0 Å². The molecule has 0 aromatic heterocycles. The summed E-state index contributed by atoms with van der Waals surface area (Å²) in [5, 5.41) is 0. The molecule has 1 fully saturated rings. The molecule has 0 amide bonds. The standard InChI is InChI=1S/C14H24O3/c1-3-5-6-7-11-17-14(9-8-10-14)12-16-13(15)4-2/h4H,2-3,5-12H2,1H3. The summed E-state index contributed by atoms with van der Waals surface area (Å²) in [4.78, 5) is 11.0. The van der Waals surface area contributed by atoms with Crippen molar-refractivity contribution in [3.05, 3.63) is 12.7 Å². The highest BCUT2D eigenvalue weighted by atomic mass is 16.6. The molecule has 1 aliphatic carbocycles. The van der Waals surface area contributed by atoms with Gasteiger partial charge in [-0.3, -0.25) is 0 Å². The van der Waals surface area contributed by atoms with Crippen LogP contribution in [0.4, 0.5) is 0 Å². The monoisotopic (exact) mass is 240 g/mol. The lowest BCUT2D eigenvalue weighted by Gasteiger charge is -2.40. The van der Waals surface area contributed by atoms with E-state index in [2.05, 4.69) is 13.5 Å². The Balaban J connectivity index is 2.17. The van der Waals surface area contributed by atoms with E-state index in [4.69, 9.17) is 9.47 Å². The molecule has 0 N–H and O–H groups in total. The zero-order valence-electron chi connectivity index (χ0n) is 10.9. The summed E-state index contributed by atoms with van der Waals surface area (Å²) >= 11 is 0. The van der Waals surface area contributed by atoms with Crippen LogP contribution >= 0.6 is 0 Å². The predicted octanol–water partition coefficient (Wildman–Crippen LogP) is 3.24. The van der Waals surface area contributed by atoms with E-state index in [1.165, 1.54) is 31.8 Å². The molecule has 1 aliphatic rings. The van der Waals surface area contributed by atoms with Crippen molar-refractivity contribution < 1.29 is 14.3 Å². The van der Waals surface area contributed by atoms with Crippen LogP contribution in [0, 0.1) is 0 Å². The van der Waals surface area contributed by atoms with E-state index in [1.54, 1.807) is 0 Å². The molecule has 0 aliphatic heterocycles. The summed E-state index contributed by atoms with van der Waals surface area (Å²) in [5.41, 5.74) is -0.190. The van der Waals surface area contributed by atoms with Crippen LogP contribution in [0.2, 0.25) is 0 Å². The zero-order valence-corrected chi connectivity index (χ0v) is 10.9. The van der Waals surface area contributed by atoms with Crippen molar-refractivity contribution in [1.82, 2.24) is 0 Å². The first-order valence-corrected chi connectivity index (χ1v) is 6.65. The quantitative estimate of drug-likeness (QED) is 0.352. The molecule has 0 radical (unpaired) electrons. The van der Waals surface area contributed by atoms with Crippen molar-refractivity contribution in [2.75, 3.05) is 13.2 Å². The second kappa shape index (κ2) is 7.49. The number of rotatable bonds is 9. The van der Waals surface area contributed by atoms with Crippen LogP contribution in [0.15, 0.2) is 12.7 Å². The molecule has 0 saturated heterocycles. The Labute approximate surface area is 104 Å². The third-order valence-electron chi connectivity index (χ3n) is 3.32. The maximum absolute atomic E-state index is 11.0. The van der Waals surface area contributed by atoms with E-state index in [1.807, 2.05) is 0 Å². The summed E-state index contributed by atoms with van der Waals surface area (Å²) in [6.45, 7) is 6.75. The number of esters is 1. The smallest absolute Gasteiger partial charge is 0.330 e. The number of ether oxygens (including phenoxy) is 2. The second-order valence-electron chi connectivity index (χ2n) is 4.76. The lowest BCUT2D eigenvalue weighted by Crippen LogP contribution is -2.45. The van der Waals surface area contributed by atoms with Gasteiger partial charge in [0.25, 0.3) is 0 Å². The van der Waals surface area contributed by atoms with Gasteiger partial charge in [-0.2, -0.15) is 0 Å². The van der Waals surface area contributed by atoms with Gasteiger partial charge in [0.05, 0.1) is 0 Å². The number of carbonyl (C=O) groups is 1. The summed E-state index contributed by atoms with van der Waals surface area (Å²) < 4.78 is 11.0. The highest BCUT2D eigenvalue weighted by molar-refractivity contribution is 5.81. The largest absolute Gasteiger partial charge is 0.459 e. The van der Waals surface area contributed by atoms with E-state index < -0.39 is 0 Å². The lowest BCUT2D eigenvalue weighted by atomic mass is 9.80. The first kappa shape index (κ1) is 14.2. The SMILES string of the molecule is C=CC(=O)OCC1(OCCCCCC)CCC1. The number of carbonyl (C=O) groups excluding carboxylic acids is 1. The average Bonchev–Trinajstić information content (AvgIpc) is 2.30. The number of hydrogen-bond acceptors (Lipinski definition) is 3. The third kappa shape index (κ3) is 4.90. The van der Waals surface area contributed by atoms with Gasteiger partial charge >= 0.3 is 5.97 Å². The molecule has 17 heavy (non-hydrogen) atoms. The Morgan fingerprint density at radius 3 is 2.65 bits per heavy atom. The maximum atomic E-state index is 11.0. The Kier molecular flexibility index (Phi) is 6.27. The van der Waals surface area contributed by atoms with Crippen LogP contribution in [-0.2, 0) is 14.3 Å². The van der Waals surface area contributed by atoms with Crippen molar-refractivity contribution in [2.24, 2.45) is 0 Å². The molecule has 1 rings (SSSR count). The second-order valence-corrected chi connectivity index (χ2v) is 4.76. The van der Waals surface area contributed by atoms with Crippen LogP contribution in [-0.4, -0.2) is 24.8 Å². The van der Waals surface area contributed by atoms with Gasteiger partial charge < -0.3 is 9.47 Å². The first-order chi connectivity index (χ1) is 8.22. The molecule has 1 saturated carbocycles. The highest BCUT2D eigenvalue weighted by Gasteiger charge is 2.39.